The first-order chi connectivity index (χ1) is 6.18. The summed E-state index contributed by atoms with van der Waals surface area (Å²) in [5, 5.41) is 0.226. The van der Waals surface area contributed by atoms with Crippen LogP contribution in [0, 0.1) is 11.7 Å². The topological polar surface area (TPSA) is 0 Å². The third kappa shape index (κ3) is 1.68. The second-order valence-electron chi connectivity index (χ2n) is 3.21. The van der Waals surface area contributed by atoms with Crippen LogP contribution in [0.5, 0.6) is 0 Å². The molecule has 1 saturated carbocycles. The lowest BCUT2D eigenvalue weighted by atomic mass is 9.80. The summed E-state index contributed by atoms with van der Waals surface area (Å²) in [6.07, 6.45) is 3.37. The molecule has 0 spiro atoms. The zero-order valence-corrected chi connectivity index (χ0v) is 8.42. The Morgan fingerprint density at radius 2 is 1.62 bits per heavy atom. The highest BCUT2D eigenvalue weighted by molar-refractivity contribution is 6.35. The van der Waals surface area contributed by atoms with Gasteiger partial charge in [-0.3, -0.25) is 0 Å². The molecule has 1 aliphatic carbocycles. The molecule has 1 aromatic carbocycles. The van der Waals surface area contributed by atoms with Gasteiger partial charge in [0.05, 0.1) is 10.0 Å². The van der Waals surface area contributed by atoms with Crippen LogP contribution in [-0.2, 0) is 0 Å². The first-order valence-electron chi connectivity index (χ1n) is 4.18. The van der Waals surface area contributed by atoms with Crippen molar-refractivity contribution in [3.05, 3.63) is 39.5 Å². The van der Waals surface area contributed by atoms with Crippen LogP contribution >= 0.6 is 23.2 Å². The predicted molar refractivity (Wildman–Crippen MR) is 52.6 cm³/mol. The van der Waals surface area contributed by atoms with Crippen LogP contribution in [0.1, 0.15) is 24.8 Å². The van der Waals surface area contributed by atoms with Crippen LogP contribution in [-0.4, -0.2) is 0 Å². The minimum Gasteiger partial charge on any atom is -0.204 e. The average molecular weight is 218 g/mol. The molecule has 13 heavy (non-hydrogen) atoms. The number of rotatable bonds is 1. The third-order valence-electron chi connectivity index (χ3n) is 2.35. The molecular formula is C10H8Cl2F. The van der Waals surface area contributed by atoms with Crippen LogP contribution < -0.4 is 0 Å². The van der Waals surface area contributed by atoms with Gasteiger partial charge in [0.1, 0.15) is 0 Å². The van der Waals surface area contributed by atoms with Crippen molar-refractivity contribution in [1.82, 2.24) is 0 Å². The maximum absolute atomic E-state index is 13.0. The minimum absolute atomic E-state index is 0.113. The summed E-state index contributed by atoms with van der Waals surface area (Å²) >= 11 is 11.3. The van der Waals surface area contributed by atoms with Crippen molar-refractivity contribution in [2.24, 2.45) is 0 Å². The molecule has 0 heterocycles. The maximum atomic E-state index is 13.0. The summed E-state index contributed by atoms with van der Waals surface area (Å²) in [4.78, 5) is 0. The van der Waals surface area contributed by atoms with Crippen LogP contribution in [0.3, 0.4) is 0 Å². The Balaban J connectivity index is 2.37. The number of hydrogen-bond donors (Lipinski definition) is 0. The van der Waals surface area contributed by atoms with Crippen molar-refractivity contribution < 1.29 is 4.39 Å². The molecule has 0 nitrogen and oxygen atoms in total. The van der Waals surface area contributed by atoms with Crippen LogP contribution in [0.25, 0.3) is 0 Å². The fourth-order valence-electron chi connectivity index (χ4n) is 1.40. The zero-order chi connectivity index (χ0) is 9.42. The number of benzene rings is 1. The van der Waals surface area contributed by atoms with Gasteiger partial charge in [-0.05, 0) is 30.5 Å². The molecule has 1 fully saturated rings. The Labute approximate surface area is 86.7 Å². The lowest BCUT2D eigenvalue weighted by Crippen LogP contribution is -2.09. The van der Waals surface area contributed by atoms with E-state index in [0.717, 1.165) is 18.4 Å². The minimum atomic E-state index is -0.521. The molecule has 1 aromatic rings. The van der Waals surface area contributed by atoms with E-state index >= 15 is 0 Å². The smallest absolute Gasteiger partial charge is 0.160 e. The largest absolute Gasteiger partial charge is 0.204 e. The lowest BCUT2D eigenvalue weighted by Gasteiger charge is -2.25. The highest BCUT2D eigenvalue weighted by Crippen LogP contribution is 2.38. The van der Waals surface area contributed by atoms with E-state index in [1.807, 2.05) is 0 Å². The zero-order valence-electron chi connectivity index (χ0n) is 6.91. The van der Waals surface area contributed by atoms with Crippen molar-refractivity contribution in [3.63, 3.8) is 0 Å². The summed E-state index contributed by atoms with van der Waals surface area (Å²) in [6, 6.07) is 3.30. The van der Waals surface area contributed by atoms with Crippen molar-refractivity contribution in [2.45, 2.75) is 19.3 Å². The van der Waals surface area contributed by atoms with Crippen LogP contribution in [0.15, 0.2) is 12.1 Å². The molecule has 0 unspecified atom stereocenters. The Morgan fingerprint density at radius 3 is 2.00 bits per heavy atom. The molecule has 0 amide bonds. The Bertz CT molecular complexity index is 309. The van der Waals surface area contributed by atoms with Gasteiger partial charge in [-0.25, -0.2) is 4.39 Å². The monoisotopic (exact) mass is 217 g/mol. The van der Waals surface area contributed by atoms with Gasteiger partial charge in [-0.2, -0.15) is 0 Å². The molecule has 0 saturated heterocycles. The fraction of sp³-hybridized carbons (Fsp3) is 0.300. The predicted octanol–water partition coefficient (Wildman–Crippen LogP) is 4.24. The molecule has 0 bridgehead atoms. The molecule has 0 N–H and O–H groups in total. The van der Waals surface area contributed by atoms with E-state index < -0.39 is 5.82 Å². The van der Waals surface area contributed by atoms with E-state index in [-0.39, 0.29) is 10.0 Å². The summed E-state index contributed by atoms with van der Waals surface area (Å²) in [5.41, 5.74) is 0.989. The van der Waals surface area contributed by atoms with Crippen LogP contribution in [0.2, 0.25) is 10.0 Å². The maximum Gasteiger partial charge on any atom is 0.160 e. The van der Waals surface area contributed by atoms with E-state index in [4.69, 9.17) is 23.2 Å². The SMILES string of the molecule is Fc1c(Cl)cc([C]2CCC2)cc1Cl. The van der Waals surface area contributed by atoms with Gasteiger partial charge in [0, 0.05) is 5.92 Å². The van der Waals surface area contributed by atoms with Gasteiger partial charge < -0.3 is 0 Å². The lowest BCUT2D eigenvalue weighted by molar-refractivity contribution is 0.575. The van der Waals surface area contributed by atoms with E-state index in [1.54, 1.807) is 12.1 Å². The molecule has 0 aliphatic heterocycles. The van der Waals surface area contributed by atoms with Gasteiger partial charge in [0.15, 0.2) is 5.82 Å². The molecule has 0 atom stereocenters. The second-order valence-corrected chi connectivity index (χ2v) is 4.03. The van der Waals surface area contributed by atoms with Gasteiger partial charge in [-0.15, -0.1) is 0 Å². The Morgan fingerprint density at radius 1 is 1.08 bits per heavy atom. The first kappa shape index (κ1) is 9.29. The molecular weight excluding hydrogens is 210 g/mol. The summed E-state index contributed by atoms with van der Waals surface area (Å²) in [7, 11) is 0. The fourth-order valence-corrected chi connectivity index (χ4v) is 1.89. The number of hydrogen-bond acceptors (Lipinski definition) is 0. The van der Waals surface area contributed by atoms with Crippen molar-refractivity contribution >= 4 is 23.2 Å². The molecule has 1 aliphatic rings. The van der Waals surface area contributed by atoms with E-state index in [9.17, 15) is 4.39 Å². The Kier molecular flexibility index (Phi) is 2.48. The third-order valence-corrected chi connectivity index (χ3v) is 2.90. The van der Waals surface area contributed by atoms with E-state index in [1.165, 1.54) is 12.3 Å². The van der Waals surface area contributed by atoms with E-state index in [2.05, 4.69) is 0 Å². The Hall–Kier alpha value is -0.270. The van der Waals surface area contributed by atoms with Crippen molar-refractivity contribution in [1.29, 1.82) is 0 Å². The normalized spacial score (nSPS) is 17.2. The van der Waals surface area contributed by atoms with Crippen LogP contribution in [0.4, 0.5) is 4.39 Å². The summed E-state index contributed by atoms with van der Waals surface area (Å²) in [5.74, 6) is 0.802. The highest BCUT2D eigenvalue weighted by atomic mass is 35.5. The highest BCUT2D eigenvalue weighted by Gasteiger charge is 2.22. The standard InChI is InChI=1S/C10H8Cl2F/c11-8-4-7(6-2-1-3-6)5-9(12)10(8)13/h4-5H,1-3H2. The van der Waals surface area contributed by atoms with E-state index in [0.29, 0.717) is 0 Å². The van der Waals surface area contributed by atoms with Crippen molar-refractivity contribution in [2.75, 3.05) is 0 Å². The number of halogens is 3. The van der Waals surface area contributed by atoms with Crippen molar-refractivity contribution in [3.8, 4) is 0 Å². The van der Waals surface area contributed by atoms with Gasteiger partial charge in [-0.1, -0.05) is 29.6 Å². The van der Waals surface area contributed by atoms with Gasteiger partial charge in [0.25, 0.3) is 0 Å². The molecule has 0 aromatic heterocycles. The first-order valence-corrected chi connectivity index (χ1v) is 4.93. The summed E-state index contributed by atoms with van der Waals surface area (Å²) in [6.45, 7) is 0. The molecule has 69 valence electrons. The average Bonchev–Trinajstić information content (AvgIpc) is 1.96. The molecule has 3 heteroatoms. The molecule has 2 rings (SSSR count). The summed E-state index contributed by atoms with van der Waals surface area (Å²) < 4.78 is 13.0. The second kappa shape index (κ2) is 3.47. The van der Waals surface area contributed by atoms with Gasteiger partial charge >= 0.3 is 0 Å². The van der Waals surface area contributed by atoms with Gasteiger partial charge in [0.2, 0.25) is 0 Å². The molecule has 1 radical (unpaired) electrons. The quantitative estimate of drug-likeness (QED) is 0.618.